The Bertz CT molecular complexity index is 706. The molecular formula is C14H19FN2O4S. The SMILES string of the molecule is CC(CCc1cc(/C=C(\F)C2CC2)on1)(C(N)=O)S(C)(=O)=O. The van der Waals surface area contributed by atoms with Crippen molar-refractivity contribution in [2.24, 2.45) is 11.7 Å². The Morgan fingerprint density at radius 3 is 2.73 bits per heavy atom. The monoisotopic (exact) mass is 330 g/mol. The Hall–Kier alpha value is -1.70. The Balaban J connectivity index is 2.07. The molecule has 0 spiro atoms. The van der Waals surface area contributed by atoms with E-state index in [4.69, 9.17) is 10.3 Å². The minimum Gasteiger partial charge on any atom is -0.368 e. The summed E-state index contributed by atoms with van der Waals surface area (Å²) in [6.45, 7) is 1.29. The van der Waals surface area contributed by atoms with E-state index in [0.29, 0.717) is 5.69 Å². The number of primary amides is 1. The van der Waals surface area contributed by atoms with Gasteiger partial charge in [0, 0.05) is 24.3 Å². The molecule has 0 bridgehead atoms. The standard InChI is InChI=1S/C14H19FN2O4S/c1-14(13(16)18,22(2,19)20)6-5-10-7-11(21-17-10)8-12(15)9-3-4-9/h7-9H,3-6H2,1-2H3,(H2,16,18)/b12-8-. The number of halogens is 1. The molecule has 22 heavy (non-hydrogen) atoms. The van der Waals surface area contributed by atoms with Crippen molar-refractivity contribution in [2.45, 2.75) is 37.4 Å². The summed E-state index contributed by atoms with van der Waals surface area (Å²) in [5, 5.41) is 3.76. The van der Waals surface area contributed by atoms with Crippen molar-refractivity contribution < 1.29 is 22.1 Å². The number of rotatable bonds is 7. The third-order valence-electron chi connectivity index (χ3n) is 4.02. The lowest BCUT2D eigenvalue weighted by Crippen LogP contribution is -2.47. The van der Waals surface area contributed by atoms with Crippen LogP contribution in [0, 0.1) is 5.92 Å². The Kier molecular flexibility index (Phi) is 4.42. The second-order valence-electron chi connectivity index (χ2n) is 5.89. The molecule has 1 saturated carbocycles. The summed E-state index contributed by atoms with van der Waals surface area (Å²) in [6, 6.07) is 1.53. The zero-order chi connectivity index (χ0) is 16.5. The van der Waals surface area contributed by atoms with Crippen LogP contribution in [0.1, 0.15) is 37.6 Å². The first-order valence-corrected chi connectivity index (χ1v) is 8.85. The van der Waals surface area contributed by atoms with E-state index in [1.165, 1.54) is 19.1 Å². The Morgan fingerprint density at radius 1 is 1.59 bits per heavy atom. The third kappa shape index (κ3) is 3.55. The van der Waals surface area contributed by atoms with E-state index in [2.05, 4.69) is 5.16 Å². The highest BCUT2D eigenvalue weighted by atomic mass is 32.2. The van der Waals surface area contributed by atoms with Gasteiger partial charge in [-0.05, 0) is 32.6 Å². The molecule has 1 atom stereocenters. The summed E-state index contributed by atoms with van der Waals surface area (Å²) >= 11 is 0. The van der Waals surface area contributed by atoms with Gasteiger partial charge in [-0.15, -0.1) is 0 Å². The van der Waals surface area contributed by atoms with E-state index < -0.39 is 20.5 Å². The molecule has 1 aliphatic rings. The minimum atomic E-state index is -3.65. The number of nitrogens with zero attached hydrogens (tertiary/aromatic N) is 1. The third-order valence-corrected chi connectivity index (χ3v) is 6.06. The molecule has 8 heteroatoms. The van der Waals surface area contributed by atoms with Gasteiger partial charge in [0.05, 0.1) is 5.69 Å². The van der Waals surface area contributed by atoms with E-state index in [0.717, 1.165) is 19.1 Å². The average molecular weight is 330 g/mol. The van der Waals surface area contributed by atoms with Crippen LogP contribution in [0.5, 0.6) is 0 Å². The lowest BCUT2D eigenvalue weighted by Gasteiger charge is -2.23. The van der Waals surface area contributed by atoms with Gasteiger partial charge in [-0.25, -0.2) is 12.8 Å². The molecule has 1 heterocycles. The van der Waals surface area contributed by atoms with Crippen LogP contribution >= 0.6 is 0 Å². The molecule has 122 valence electrons. The quantitative estimate of drug-likeness (QED) is 0.818. The van der Waals surface area contributed by atoms with E-state index >= 15 is 0 Å². The normalized spacial score (nSPS) is 19.0. The number of carbonyl (C=O) groups is 1. The molecular weight excluding hydrogens is 311 g/mol. The van der Waals surface area contributed by atoms with Crippen molar-refractivity contribution in [2.75, 3.05) is 6.26 Å². The highest BCUT2D eigenvalue weighted by Crippen LogP contribution is 2.38. The Labute approximate surface area is 128 Å². The lowest BCUT2D eigenvalue weighted by molar-refractivity contribution is -0.120. The zero-order valence-electron chi connectivity index (χ0n) is 12.5. The van der Waals surface area contributed by atoms with Gasteiger partial charge >= 0.3 is 0 Å². The zero-order valence-corrected chi connectivity index (χ0v) is 13.3. The molecule has 1 unspecified atom stereocenters. The molecule has 0 saturated heterocycles. The lowest BCUT2D eigenvalue weighted by atomic mass is 10.0. The van der Waals surface area contributed by atoms with Crippen molar-refractivity contribution in [1.29, 1.82) is 0 Å². The first kappa shape index (κ1) is 16.7. The summed E-state index contributed by atoms with van der Waals surface area (Å²) in [5.74, 6) is -0.879. The van der Waals surface area contributed by atoms with Gasteiger partial charge in [-0.3, -0.25) is 4.79 Å². The maximum absolute atomic E-state index is 13.6. The fraction of sp³-hybridized carbons (Fsp3) is 0.571. The molecule has 1 aromatic rings. The number of amides is 1. The number of nitrogens with two attached hydrogens (primary N) is 1. The molecule has 2 rings (SSSR count). The van der Waals surface area contributed by atoms with Gasteiger partial charge < -0.3 is 10.3 Å². The molecule has 0 aliphatic heterocycles. The summed E-state index contributed by atoms with van der Waals surface area (Å²) in [4.78, 5) is 11.5. The second-order valence-corrected chi connectivity index (χ2v) is 8.34. The molecule has 0 radical (unpaired) electrons. The highest BCUT2D eigenvalue weighted by Gasteiger charge is 2.41. The van der Waals surface area contributed by atoms with E-state index in [9.17, 15) is 17.6 Å². The minimum absolute atomic E-state index is 0.0119. The molecule has 2 N–H and O–H groups in total. The number of carbonyl (C=O) groups excluding carboxylic acids is 1. The van der Waals surface area contributed by atoms with Crippen LogP contribution in [0.2, 0.25) is 0 Å². The predicted molar refractivity (Wildman–Crippen MR) is 79.1 cm³/mol. The molecule has 1 fully saturated rings. The van der Waals surface area contributed by atoms with Crippen molar-refractivity contribution in [3.63, 3.8) is 0 Å². The fourth-order valence-corrected chi connectivity index (χ4v) is 2.82. The van der Waals surface area contributed by atoms with Crippen molar-refractivity contribution in [3.05, 3.63) is 23.3 Å². The van der Waals surface area contributed by atoms with Crippen LogP contribution in [0.15, 0.2) is 16.4 Å². The van der Waals surface area contributed by atoms with Gasteiger partial charge in [0.15, 0.2) is 15.6 Å². The summed E-state index contributed by atoms with van der Waals surface area (Å²) < 4.78 is 40.4. The topological polar surface area (TPSA) is 103 Å². The van der Waals surface area contributed by atoms with Crippen molar-refractivity contribution in [1.82, 2.24) is 5.16 Å². The fourth-order valence-electron chi connectivity index (χ4n) is 1.98. The van der Waals surface area contributed by atoms with Crippen LogP contribution in [0.4, 0.5) is 4.39 Å². The van der Waals surface area contributed by atoms with E-state index in [1.807, 2.05) is 0 Å². The van der Waals surface area contributed by atoms with Gasteiger partial charge in [0.1, 0.15) is 10.6 Å². The first-order valence-electron chi connectivity index (χ1n) is 6.95. The van der Waals surface area contributed by atoms with Crippen molar-refractivity contribution in [3.8, 4) is 0 Å². The number of hydrogen-bond donors (Lipinski definition) is 1. The van der Waals surface area contributed by atoms with Gasteiger partial charge in [0.25, 0.3) is 0 Å². The summed E-state index contributed by atoms with van der Waals surface area (Å²) in [5.41, 5.74) is 5.66. The summed E-state index contributed by atoms with van der Waals surface area (Å²) in [6.07, 6.45) is 4.12. The molecule has 6 nitrogen and oxygen atoms in total. The number of hydrogen-bond acceptors (Lipinski definition) is 5. The van der Waals surface area contributed by atoms with Crippen LogP contribution in [0.3, 0.4) is 0 Å². The maximum Gasteiger partial charge on any atom is 0.238 e. The van der Waals surface area contributed by atoms with Crippen LogP contribution in [-0.2, 0) is 21.1 Å². The van der Waals surface area contributed by atoms with Gasteiger partial charge in [-0.1, -0.05) is 5.16 Å². The predicted octanol–water partition coefficient (Wildman–Crippen LogP) is 1.62. The molecule has 0 aromatic carbocycles. The van der Waals surface area contributed by atoms with Gasteiger partial charge in [0.2, 0.25) is 5.91 Å². The van der Waals surface area contributed by atoms with Crippen molar-refractivity contribution >= 4 is 21.8 Å². The molecule has 1 amide bonds. The maximum atomic E-state index is 13.6. The van der Waals surface area contributed by atoms with Crippen LogP contribution in [0.25, 0.3) is 6.08 Å². The first-order chi connectivity index (χ1) is 10.1. The smallest absolute Gasteiger partial charge is 0.238 e. The molecule has 1 aromatic heterocycles. The number of sulfone groups is 1. The van der Waals surface area contributed by atoms with Crippen LogP contribution < -0.4 is 5.73 Å². The van der Waals surface area contributed by atoms with E-state index in [-0.39, 0.29) is 30.3 Å². The number of allylic oxidation sites excluding steroid dienone is 1. The highest BCUT2D eigenvalue weighted by molar-refractivity contribution is 7.92. The average Bonchev–Trinajstić information content (AvgIpc) is 3.16. The number of aryl methyl sites for hydroxylation is 1. The molecule has 1 aliphatic carbocycles. The van der Waals surface area contributed by atoms with Gasteiger partial charge in [-0.2, -0.15) is 0 Å². The number of aromatic nitrogens is 1. The van der Waals surface area contributed by atoms with Crippen LogP contribution in [-0.4, -0.2) is 30.5 Å². The second kappa shape index (κ2) is 5.83. The summed E-state index contributed by atoms with van der Waals surface area (Å²) in [7, 11) is -3.65. The largest absolute Gasteiger partial charge is 0.368 e. The Morgan fingerprint density at radius 2 is 2.23 bits per heavy atom. The van der Waals surface area contributed by atoms with E-state index in [1.54, 1.807) is 0 Å².